The summed E-state index contributed by atoms with van der Waals surface area (Å²) < 4.78 is 24.4. The first-order chi connectivity index (χ1) is 13.8. The van der Waals surface area contributed by atoms with Crippen molar-refractivity contribution in [3.05, 3.63) is 42.0 Å². The van der Waals surface area contributed by atoms with Gasteiger partial charge in [-0.15, -0.1) is 0 Å². The van der Waals surface area contributed by atoms with Crippen molar-refractivity contribution in [1.82, 2.24) is 9.78 Å². The molecule has 7 nitrogen and oxygen atoms in total. The van der Waals surface area contributed by atoms with Crippen molar-refractivity contribution in [3.8, 4) is 39.9 Å². The summed E-state index contributed by atoms with van der Waals surface area (Å²) in [7, 11) is 3.29. The van der Waals surface area contributed by atoms with E-state index >= 15 is 0 Å². The molecule has 0 bridgehead atoms. The number of aromatic nitrogens is 2. The van der Waals surface area contributed by atoms with E-state index in [1.165, 1.54) is 5.56 Å². The van der Waals surface area contributed by atoms with Crippen molar-refractivity contribution < 1.29 is 18.9 Å². The van der Waals surface area contributed by atoms with Crippen LogP contribution in [0.2, 0.25) is 0 Å². The molecule has 1 N–H and O–H groups in total. The Bertz CT molecular complexity index is 1040. The first-order valence-corrected chi connectivity index (χ1v) is 9.27. The number of hydrogen-bond acceptors (Lipinski definition) is 6. The van der Waals surface area contributed by atoms with Crippen molar-refractivity contribution in [1.29, 1.82) is 0 Å². The third kappa shape index (κ3) is 2.54. The number of para-hydroxylation sites is 1. The lowest BCUT2D eigenvalue weighted by atomic mass is 10.1. The van der Waals surface area contributed by atoms with Crippen LogP contribution in [-0.4, -0.2) is 43.8 Å². The number of fused-ring (bicyclic) bond motifs is 2. The fourth-order valence-corrected chi connectivity index (χ4v) is 3.82. The van der Waals surface area contributed by atoms with Crippen LogP contribution in [-0.2, 0) is 6.42 Å². The quantitative estimate of drug-likeness (QED) is 0.750. The average molecular weight is 379 g/mol. The molecule has 0 amide bonds. The average Bonchev–Trinajstić information content (AvgIpc) is 3.35. The monoisotopic (exact) mass is 379 g/mol. The highest BCUT2D eigenvalue weighted by molar-refractivity contribution is 5.78. The number of nitrogens with one attached hydrogen (secondary N) is 1. The Kier molecular flexibility index (Phi) is 4.00. The minimum absolute atomic E-state index is 0.554. The van der Waals surface area contributed by atoms with E-state index in [1.807, 2.05) is 41.1 Å². The number of nitrogens with zero attached hydrogens (tertiary/aromatic N) is 2. The zero-order valence-electron chi connectivity index (χ0n) is 15.8. The molecule has 2 aliphatic heterocycles. The van der Waals surface area contributed by atoms with Gasteiger partial charge in [-0.05, 0) is 30.7 Å². The second-order valence-electron chi connectivity index (χ2n) is 6.63. The van der Waals surface area contributed by atoms with E-state index in [4.69, 9.17) is 24.0 Å². The van der Waals surface area contributed by atoms with Crippen molar-refractivity contribution in [2.24, 2.45) is 0 Å². The number of ether oxygens (including phenoxy) is 4. The van der Waals surface area contributed by atoms with Crippen LogP contribution in [0.4, 0.5) is 5.82 Å². The van der Waals surface area contributed by atoms with E-state index in [1.54, 1.807) is 14.2 Å². The zero-order chi connectivity index (χ0) is 19.1. The first-order valence-electron chi connectivity index (χ1n) is 9.27. The Labute approximate surface area is 162 Å². The summed E-state index contributed by atoms with van der Waals surface area (Å²) in [4.78, 5) is 0. The Hall–Kier alpha value is -3.35. The molecule has 2 aromatic carbocycles. The van der Waals surface area contributed by atoms with Gasteiger partial charge in [0.1, 0.15) is 24.7 Å². The minimum Gasteiger partial charge on any atom is -0.493 e. The molecule has 3 heterocycles. The summed E-state index contributed by atoms with van der Waals surface area (Å²) >= 11 is 0. The molecule has 0 atom stereocenters. The van der Waals surface area contributed by atoms with Gasteiger partial charge in [-0.3, -0.25) is 0 Å². The van der Waals surface area contributed by atoms with Crippen molar-refractivity contribution >= 4 is 5.82 Å². The summed E-state index contributed by atoms with van der Waals surface area (Å²) in [6, 6.07) is 11.7. The Morgan fingerprint density at radius 2 is 1.89 bits per heavy atom. The smallest absolute Gasteiger partial charge is 0.170 e. The number of anilines is 1. The van der Waals surface area contributed by atoms with Crippen LogP contribution in [0.5, 0.6) is 23.0 Å². The van der Waals surface area contributed by atoms with E-state index < -0.39 is 0 Å². The van der Waals surface area contributed by atoms with Gasteiger partial charge in [0.05, 0.1) is 19.9 Å². The van der Waals surface area contributed by atoms with Gasteiger partial charge >= 0.3 is 0 Å². The van der Waals surface area contributed by atoms with Crippen LogP contribution in [0, 0.1) is 0 Å². The fourth-order valence-electron chi connectivity index (χ4n) is 3.82. The highest BCUT2D eigenvalue weighted by Crippen LogP contribution is 2.43. The number of methoxy groups -OCH3 is 2. The van der Waals surface area contributed by atoms with Crippen LogP contribution in [0.15, 0.2) is 36.4 Å². The van der Waals surface area contributed by atoms with Crippen molar-refractivity contribution in [3.63, 3.8) is 0 Å². The molecule has 0 saturated heterocycles. The third-order valence-corrected chi connectivity index (χ3v) is 5.08. The lowest BCUT2D eigenvalue weighted by Gasteiger charge is -2.19. The van der Waals surface area contributed by atoms with E-state index in [2.05, 4.69) is 5.32 Å². The molecule has 28 heavy (non-hydrogen) atoms. The second-order valence-corrected chi connectivity index (χ2v) is 6.63. The summed E-state index contributed by atoms with van der Waals surface area (Å²) in [5, 5.41) is 8.39. The standard InChI is InChI=1S/C21H21N3O4/c1-25-17-5-3-4-14(20(17)26-2)19-15-8-9-22-21(15)24(23-19)13-6-7-16-18(12-13)28-11-10-27-16/h3-7,12,22H,8-11H2,1-2H3. The molecule has 0 aliphatic carbocycles. The van der Waals surface area contributed by atoms with Crippen molar-refractivity contribution in [2.75, 3.05) is 39.3 Å². The van der Waals surface area contributed by atoms with E-state index in [9.17, 15) is 0 Å². The predicted octanol–water partition coefficient (Wildman–Crippen LogP) is 3.30. The molecular weight excluding hydrogens is 358 g/mol. The van der Waals surface area contributed by atoms with Gasteiger partial charge in [0.15, 0.2) is 23.0 Å². The molecule has 0 unspecified atom stereocenters. The molecule has 0 saturated carbocycles. The Morgan fingerprint density at radius 3 is 2.71 bits per heavy atom. The summed E-state index contributed by atoms with van der Waals surface area (Å²) in [5.74, 6) is 3.88. The first kappa shape index (κ1) is 16.8. The largest absolute Gasteiger partial charge is 0.493 e. The van der Waals surface area contributed by atoms with Crippen LogP contribution in [0.1, 0.15) is 5.56 Å². The lowest BCUT2D eigenvalue weighted by molar-refractivity contribution is 0.171. The molecule has 0 fully saturated rings. The molecule has 7 heteroatoms. The number of rotatable bonds is 4. The van der Waals surface area contributed by atoms with Gasteiger partial charge in [0, 0.05) is 23.7 Å². The van der Waals surface area contributed by atoms with Crippen LogP contribution < -0.4 is 24.3 Å². The van der Waals surface area contributed by atoms with Crippen molar-refractivity contribution in [2.45, 2.75) is 6.42 Å². The lowest BCUT2D eigenvalue weighted by Crippen LogP contribution is -2.15. The molecule has 2 aliphatic rings. The second kappa shape index (κ2) is 6.67. The SMILES string of the molecule is COc1cccc(-c2nn(-c3ccc4c(c3)OCCO4)c3c2CCN3)c1OC. The van der Waals surface area contributed by atoms with Gasteiger partial charge in [-0.1, -0.05) is 6.07 Å². The predicted molar refractivity (Wildman–Crippen MR) is 105 cm³/mol. The van der Waals surface area contributed by atoms with Gasteiger partial charge in [-0.25, -0.2) is 4.68 Å². The molecule has 144 valence electrons. The Balaban J connectivity index is 1.66. The summed E-state index contributed by atoms with van der Waals surface area (Å²) in [6.45, 7) is 2.00. The highest BCUT2D eigenvalue weighted by atomic mass is 16.6. The van der Waals surface area contributed by atoms with Gasteiger partial charge in [-0.2, -0.15) is 5.10 Å². The Morgan fingerprint density at radius 1 is 1.04 bits per heavy atom. The zero-order valence-corrected chi connectivity index (χ0v) is 15.8. The van der Waals surface area contributed by atoms with Gasteiger partial charge < -0.3 is 24.3 Å². The fraction of sp³-hybridized carbons (Fsp3) is 0.286. The van der Waals surface area contributed by atoms with Crippen LogP contribution in [0.25, 0.3) is 16.9 Å². The summed E-state index contributed by atoms with van der Waals surface area (Å²) in [5.41, 5.74) is 3.90. The number of benzene rings is 2. The maximum Gasteiger partial charge on any atom is 0.170 e. The number of hydrogen-bond donors (Lipinski definition) is 1. The maximum atomic E-state index is 5.74. The van der Waals surface area contributed by atoms with E-state index in [-0.39, 0.29) is 0 Å². The van der Waals surface area contributed by atoms with Crippen LogP contribution in [0.3, 0.4) is 0 Å². The third-order valence-electron chi connectivity index (χ3n) is 5.08. The normalized spacial score (nSPS) is 14.4. The van der Waals surface area contributed by atoms with Gasteiger partial charge in [0.25, 0.3) is 0 Å². The van der Waals surface area contributed by atoms with Crippen LogP contribution >= 0.6 is 0 Å². The minimum atomic E-state index is 0.554. The molecular formula is C21H21N3O4. The maximum absolute atomic E-state index is 5.74. The molecule has 1 aromatic heterocycles. The molecule has 3 aromatic rings. The van der Waals surface area contributed by atoms with E-state index in [0.29, 0.717) is 24.7 Å². The molecule has 0 radical (unpaired) electrons. The topological polar surface area (TPSA) is 66.8 Å². The highest BCUT2D eigenvalue weighted by Gasteiger charge is 2.27. The molecule has 0 spiro atoms. The molecule has 5 rings (SSSR count). The van der Waals surface area contributed by atoms with E-state index in [0.717, 1.165) is 47.2 Å². The summed E-state index contributed by atoms with van der Waals surface area (Å²) in [6.07, 6.45) is 0.898. The van der Waals surface area contributed by atoms with Gasteiger partial charge in [0.2, 0.25) is 0 Å².